The Morgan fingerprint density at radius 3 is 2.42 bits per heavy atom. The molecule has 0 saturated heterocycles. The Labute approximate surface area is 157 Å². The molecule has 3 rings (SSSR count). The molecule has 0 fully saturated rings. The summed E-state index contributed by atoms with van der Waals surface area (Å²) in [5.74, 6) is 0.422. The fourth-order valence-electron chi connectivity index (χ4n) is 2.50. The number of hydrogen-bond donors (Lipinski definition) is 1. The van der Waals surface area contributed by atoms with Crippen LogP contribution in [0.3, 0.4) is 0 Å². The highest BCUT2D eigenvalue weighted by atomic mass is 35.5. The Bertz CT molecular complexity index is 868. The molecule has 1 amide bonds. The molecule has 0 unspecified atom stereocenters. The molecule has 2 aromatic carbocycles. The Morgan fingerprint density at radius 1 is 1.00 bits per heavy atom. The first-order valence-electron chi connectivity index (χ1n) is 8.24. The summed E-state index contributed by atoms with van der Waals surface area (Å²) in [7, 11) is 1.94. The van der Waals surface area contributed by atoms with E-state index < -0.39 is 0 Å². The second-order valence-electron chi connectivity index (χ2n) is 5.89. The third-order valence-corrected chi connectivity index (χ3v) is 4.30. The summed E-state index contributed by atoms with van der Waals surface area (Å²) in [6, 6.07) is 21.0. The number of carbonyl (C=O) groups is 1. The number of carbonyl (C=O) groups excluding carboxylic acids is 1. The van der Waals surface area contributed by atoms with Crippen molar-refractivity contribution in [2.75, 3.05) is 11.9 Å². The van der Waals surface area contributed by atoms with Crippen LogP contribution in [0.1, 0.15) is 21.6 Å². The van der Waals surface area contributed by atoms with Crippen molar-refractivity contribution in [3.05, 3.63) is 88.6 Å². The van der Waals surface area contributed by atoms with Crippen LogP contribution >= 0.6 is 11.6 Å². The molecule has 1 heterocycles. The normalized spacial score (nSPS) is 10.4. The van der Waals surface area contributed by atoms with Crippen LogP contribution in [-0.2, 0) is 13.1 Å². The van der Waals surface area contributed by atoms with Crippen molar-refractivity contribution >= 4 is 23.3 Å². The molecule has 26 heavy (non-hydrogen) atoms. The molecule has 0 aliphatic carbocycles. The first-order chi connectivity index (χ1) is 12.6. The molecule has 3 aromatic rings. The highest BCUT2D eigenvalue weighted by Gasteiger charge is 2.10. The topological polar surface area (TPSA) is 58.1 Å². The lowest BCUT2D eigenvalue weighted by molar-refractivity contribution is 0.0945. The summed E-state index contributed by atoms with van der Waals surface area (Å²) in [6.07, 6.45) is 0. The molecule has 0 atom stereocenters. The van der Waals surface area contributed by atoms with Crippen LogP contribution in [0.25, 0.3) is 0 Å². The highest BCUT2D eigenvalue weighted by Crippen LogP contribution is 2.15. The van der Waals surface area contributed by atoms with Gasteiger partial charge in [-0.25, -0.2) is 0 Å². The molecule has 132 valence electrons. The molecule has 5 nitrogen and oxygen atoms in total. The monoisotopic (exact) mass is 366 g/mol. The van der Waals surface area contributed by atoms with Gasteiger partial charge < -0.3 is 10.2 Å². The van der Waals surface area contributed by atoms with Gasteiger partial charge in [0.15, 0.2) is 11.5 Å². The lowest BCUT2D eigenvalue weighted by Gasteiger charge is -2.17. The van der Waals surface area contributed by atoms with Gasteiger partial charge in [0.2, 0.25) is 0 Å². The van der Waals surface area contributed by atoms with Crippen molar-refractivity contribution in [3.8, 4) is 0 Å². The van der Waals surface area contributed by atoms with Gasteiger partial charge in [-0.05, 0) is 29.3 Å². The maximum Gasteiger partial charge on any atom is 0.272 e. The summed E-state index contributed by atoms with van der Waals surface area (Å²) in [6.45, 7) is 1.06. The van der Waals surface area contributed by atoms with Crippen molar-refractivity contribution in [2.24, 2.45) is 0 Å². The molecule has 6 heteroatoms. The average molecular weight is 367 g/mol. The van der Waals surface area contributed by atoms with E-state index >= 15 is 0 Å². The van der Waals surface area contributed by atoms with E-state index in [1.807, 2.05) is 48.3 Å². The Morgan fingerprint density at radius 2 is 1.73 bits per heavy atom. The molecule has 1 N–H and O–H groups in total. The molecule has 0 bridgehead atoms. The number of hydrogen-bond acceptors (Lipinski definition) is 4. The number of aromatic nitrogens is 2. The van der Waals surface area contributed by atoms with Crippen LogP contribution < -0.4 is 10.2 Å². The van der Waals surface area contributed by atoms with Crippen LogP contribution in [0.5, 0.6) is 0 Å². The molecular formula is C20H19ClN4O. The maximum absolute atomic E-state index is 12.2. The smallest absolute Gasteiger partial charge is 0.272 e. The predicted octanol–water partition coefficient (Wildman–Crippen LogP) is 3.70. The average Bonchev–Trinajstić information content (AvgIpc) is 2.68. The van der Waals surface area contributed by atoms with Gasteiger partial charge in [-0.3, -0.25) is 4.79 Å². The molecule has 1 aromatic heterocycles. The van der Waals surface area contributed by atoms with E-state index in [0.29, 0.717) is 23.9 Å². The van der Waals surface area contributed by atoms with E-state index in [4.69, 9.17) is 11.6 Å². The summed E-state index contributed by atoms with van der Waals surface area (Å²) in [5.41, 5.74) is 2.31. The van der Waals surface area contributed by atoms with Crippen LogP contribution in [0.4, 0.5) is 5.82 Å². The fourth-order valence-corrected chi connectivity index (χ4v) is 2.70. The molecule has 0 spiro atoms. The Balaban J connectivity index is 1.60. The lowest BCUT2D eigenvalue weighted by Crippen LogP contribution is -2.25. The van der Waals surface area contributed by atoms with Crippen molar-refractivity contribution in [1.29, 1.82) is 0 Å². The maximum atomic E-state index is 12.2. The molecule has 0 radical (unpaired) electrons. The van der Waals surface area contributed by atoms with Crippen molar-refractivity contribution in [3.63, 3.8) is 0 Å². The Hall–Kier alpha value is -2.92. The number of anilines is 1. The lowest BCUT2D eigenvalue weighted by atomic mass is 10.2. The van der Waals surface area contributed by atoms with E-state index in [0.717, 1.165) is 5.56 Å². The van der Waals surface area contributed by atoms with Gasteiger partial charge in [-0.1, -0.05) is 60.1 Å². The number of amides is 1. The van der Waals surface area contributed by atoms with Gasteiger partial charge in [0, 0.05) is 25.2 Å². The van der Waals surface area contributed by atoms with Crippen LogP contribution in [0, 0.1) is 0 Å². The Kier molecular flexibility index (Phi) is 5.81. The van der Waals surface area contributed by atoms with Gasteiger partial charge >= 0.3 is 0 Å². The fraction of sp³-hybridized carbons (Fsp3) is 0.150. The van der Waals surface area contributed by atoms with Crippen molar-refractivity contribution in [2.45, 2.75) is 13.1 Å². The van der Waals surface area contributed by atoms with Crippen LogP contribution in [-0.4, -0.2) is 23.2 Å². The second-order valence-corrected chi connectivity index (χ2v) is 6.30. The summed E-state index contributed by atoms with van der Waals surface area (Å²) >= 11 is 6.09. The van der Waals surface area contributed by atoms with Gasteiger partial charge in [-0.2, -0.15) is 0 Å². The predicted molar refractivity (Wildman–Crippen MR) is 103 cm³/mol. The van der Waals surface area contributed by atoms with E-state index in [1.165, 1.54) is 5.56 Å². The van der Waals surface area contributed by atoms with Gasteiger partial charge in [0.1, 0.15) is 0 Å². The number of rotatable bonds is 6. The largest absolute Gasteiger partial charge is 0.354 e. The van der Waals surface area contributed by atoms with E-state index in [-0.39, 0.29) is 11.6 Å². The molecule has 0 aliphatic heterocycles. The molecule has 0 saturated carbocycles. The van der Waals surface area contributed by atoms with Crippen molar-refractivity contribution in [1.82, 2.24) is 15.5 Å². The minimum Gasteiger partial charge on any atom is -0.354 e. The minimum absolute atomic E-state index is 0.272. The summed E-state index contributed by atoms with van der Waals surface area (Å²) in [5, 5.41) is 11.6. The number of benzene rings is 2. The van der Waals surface area contributed by atoms with Crippen LogP contribution in [0.2, 0.25) is 5.02 Å². The zero-order valence-electron chi connectivity index (χ0n) is 14.4. The van der Waals surface area contributed by atoms with E-state index in [9.17, 15) is 4.79 Å². The quantitative estimate of drug-likeness (QED) is 0.722. The zero-order valence-corrected chi connectivity index (χ0v) is 15.1. The summed E-state index contributed by atoms with van der Waals surface area (Å²) in [4.78, 5) is 14.2. The first-order valence-corrected chi connectivity index (χ1v) is 8.61. The molecular weight excluding hydrogens is 348 g/mol. The SMILES string of the molecule is CN(Cc1ccccc1)c1ccc(C(=O)NCc2ccccc2Cl)nn1. The standard InChI is InChI=1S/C20H19ClN4O/c1-25(14-15-7-3-2-4-8-15)19-12-11-18(23-24-19)20(26)22-13-16-9-5-6-10-17(16)21/h2-12H,13-14H2,1H3,(H,22,26). The number of halogens is 1. The first kappa shape index (κ1) is 17.9. The summed E-state index contributed by atoms with van der Waals surface area (Å²) < 4.78 is 0. The van der Waals surface area contributed by atoms with Crippen molar-refractivity contribution < 1.29 is 4.79 Å². The highest BCUT2D eigenvalue weighted by molar-refractivity contribution is 6.31. The van der Waals surface area contributed by atoms with Gasteiger partial charge in [0.05, 0.1) is 0 Å². The molecule has 0 aliphatic rings. The third-order valence-electron chi connectivity index (χ3n) is 3.93. The number of nitrogens with one attached hydrogen (secondary N) is 1. The zero-order chi connectivity index (χ0) is 18.4. The third kappa shape index (κ3) is 4.58. The second kappa shape index (κ2) is 8.45. The number of nitrogens with zero attached hydrogens (tertiary/aromatic N) is 3. The van der Waals surface area contributed by atoms with Crippen LogP contribution in [0.15, 0.2) is 66.7 Å². The van der Waals surface area contributed by atoms with Gasteiger partial charge in [0.25, 0.3) is 5.91 Å². The minimum atomic E-state index is -0.283. The van der Waals surface area contributed by atoms with Gasteiger partial charge in [-0.15, -0.1) is 10.2 Å². The van der Waals surface area contributed by atoms with E-state index in [1.54, 1.807) is 18.2 Å². The van der Waals surface area contributed by atoms with E-state index in [2.05, 4.69) is 27.6 Å².